The van der Waals surface area contributed by atoms with E-state index in [4.69, 9.17) is 4.42 Å². The van der Waals surface area contributed by atoms with E-state index in [2.05, 4.69) is 4.98 Å². The fourth-order valence-electron chi connectivity index (χ4n) is 3.61. The zero-order chi connectivity index (χ0) is 17.4. The number of nitrogens with zero attached hydrogens (tertiary/aromatic N) is 3. The Bertz CT molecular complexity index is 809. The second-order valence-corrected chi connectivity index (χ2v) is 7.01. The van der Waals surface area contributed by atoms with Gasteiger partial charge in [-0.05, 0) is 37.5 Å². The third-order valence-electron chi connectivity index (χ3n) is 5.29. The van der Waals surface area contributed by atoms with Crippen LogP contribution in [0.25, 0.3) is 11.1 Å². The van der Waals surface area contributed by atoms with E-state index in [-0.39, 0.29) is 17.7 Å². The molecule has 1 aromatic heterocycles. The van der Waals surface area contributed by atoms with Crippen molar-refractivity contribution in [3.63, 3.8) is 0 Å². The summed E-state index contributed by atoms with van der Waals surface area (Å²) in [6.07, 6.45) is 4.04. The lowest BCUT2D eigenvalue weighted by atomic mass is 9.84. The van der Waals surface area contributed by atoms with Gasteiger partial charge in [0, 0.05) is 44.6 Å². The molecule has 1 aliphatic heterocycles. The third kappa shape index (κ3) is 3.13. The molecule has 1 aliphatic carbocycles. The van der Waals surface area contributed by atoms with Gasteiger partial charge in [0.1, 0.15) is 5.52 Å². The SMILES string of the molecule is Cc1nc2cc(C(=O)N3CCCN(C(=O)C4CCC4)CC3)ccc2o1. The molecule has 0 bridgehead atoms. The lowest BCUT2D eigenvalue weighted by Crippen LogP contribution is -2.41. The van der Waals surface area contributed by atoms with Crippen molar-refractivity contribution in [1.82, 2.24) is 14.8 Å². The van der Waals surface area contributed by atoms with E-state index < -0.39 is 0 Å². The fourth-order valence-corrected chi connectivity index (χ4v) is 3.61. The van der Waals surface area contributed by atoms with Crippen LogP contribution in [0.15, 0.2) is 22.6 Å². The molecule has 2 aromatic rings. The van der Waals surface area contributed by atoms with Crippen LogP contribution in [-0.2, 0) is 4.79 Å². The Morgan fingerprint density at radius 1 is 1.08 bits per heavy atom. The molecule has 2 heterocycles. The number of rotatable bonds is 2. The highest BCUT2D eigenvalue weighted by atomic mass is 16.3. The lowest BCUT2D eigenvalue weighted by Gasteiger charge is -2.31. The van der Waals surface area contributed by atoms with Gasteiger partial charge in [-0.1, -0.05) is 6.42 Å². The normalized spacial score (nSPS) is 18.9. The molecular weight excluding hydrogens is 318 g/mol. The number of hydrogen-bond acceptors (Lipinski definition) is 4. The number of aryl methyl sites for hydroxylation is 1. The summed E-state index contributed by atoms with van der Waals surface area (Å²) >= 11 is 0. The molecule has 1 aromatic carbocycles. The number of benzene rings is 1. The Morgan fingerprint density at radius 3 is 2.60 bits per heavy atom. The van der Waals surface area contributed by atoms with Crippen molar-refractivity contribution in [2.45, 2.75) is 32.6 Å². The molecule has 0 unspecified atom stereocenters. The number of hydrogen-bond donors (Lipinski definition) is 0. The van der Waals surface area contributed by atoms with Gasteiger partial charge in [0.25, 0.3) is 5.91 Å². The summed E-state index contributed by atoms with van der Waals surface area (Å²) < 4.78 is 5.47. The zero-order valence-electron chi connectivity index (χ0n) is 14.5. The van der Waals surface area contributed by atoms with E-state index in [9.17, 15) is 9.59 Å². The molecule has 0 N–H and O–H groups in total. The minimum absolute atomic E-state index is 0.000459. The van der Waals surface area contributed by atoms with Gasteiger partial charge in [0.2, 0.25) is 5.91 Å². The first-order valence-electron chi connectivity index (χ1n) is 9.07. The van der Waals surface area contributed by atoms with Crippen molar-refractivity contribution in [3.8, 4) is 0 Å². The van der Waals surface area contributed by atoms with Gasteiger partial charge < -0.3 is 14.2 Å². The standard InChI is InChI=1S/C19H23N3O3/c1-13-20-16-12-15(6-7-17(16)25-13)19(24)22-9-3-8-21(10-11-22)18(23)14-4-2-5-14/h6-7,12,14H,2-5,8-11H2,1H3. The van der Waals surface area contributed by atoms with Crippen LogP contribution in [0.2, 0.25) is 0 Å². The molecule has 1 saturated carbocycles. The summed E-state index contributed by atoms with van der Waals surface area (Å²) in [6, 6.07) is 5.38. The van der Waals surface area contributed by atoms with Crippen LogP contribution in [0.1, 0.15) is 41.9 Å². The Labute approximate surface area is 146 Å². The Kier molecular flexibility index (Phi) is 4.19. The van der Waals surface area contributed by atoms with Gasteiger partial charge >= 0.3 is 0 Å². The Morgan fingerprint density at radius 2 is 1.84 bits per heavy atom. The van der Waals surface area contributed by atoms with E-state index in [1.165, 1.54) is 6.42 Å². The molecule has 132 valence electrons. The molecule has 2 fully saturated rings. The summed E-state index contributed by atoms with van der Waals surface area (Å²) in [5.41, 5.74) is 2.03. The first-order valence-corrected chi connectivity index (χ1v) is 9.07. The topological polar surface area (TPSA) is 66.7 Å². The molecule has 6 heteroatoms. The maximum absolute atomic E-state index is 12.8. The molecule has 0 radical (unpaired) electrons. The van der Waals surface area contributed by atoms with Gasteiger partial charge in [-0.3, -0.25) is 9.59 Å². The van der Waals surface area contributed by atoms with Crippen LogP contribution < -0.4 is 0 Å². The van der Waals surface area contributed by atoms with Crippen molar-refractivity contribution >= 4 is 22.9 Å². The predicted molar refractivity (Wildman–Crippen MR) is 93.2 cm³/mol. The van der Waals surface area contributed by atoms with Crippen molar-refractivity contribution in [2.24, 2.45) is 5.92 Å². The number of carbonyl (C=O) groups is 2. The molecular formula is C19H23N3O3. The van der Waals surface area contributed by atoms with Crippen LogP contribution in [0.4, 0.5) is 0 Å². The number of carbonyl (C=O) groups excluding carboxylic acids is 2. The molecule has 25 heavy (non-hydrogen) atoms. The molecule has 6 nitrogen and oxygen atoms in total. The van der Waals surface area contributed by atoms with Crippen LogP contribution in [-0.4, -0.2) is 52.8 Å². The molecule has 2 amide bonds. The van der Waals surface area contributed by atoms with Gasteiger partial charge in [0.15, 0.2) is 11.5 Å². The largest absolute Gasteiger partial charge is 0.441 e. The van der Waals surface area contributed by atoms with Crippen molar-refractivity contribution in [2.75, 3.05) is 26.2 Å². The summed E-state index contributed by atoms with van der Waals surface area (Å²) in [7, 11) is 0. The number of amides is 2. The maximum Gasteiger partial charge on any atom is 0.253 e. The van der Waals surface area contributed by atoms with E-state index in [0.29, 0.717) is 42.2 Å². The minimum Gasteiger partial charge on any atom is -0.441 e. The van der Waals surface area contributed by atoms with Crippen molar-refractivity contribution < 1.29 is 14.0 Å². The highest BCUT2D eigenvalue weighted by molar-refractivity contribution is 5.97. The number of fused-ring (bicyclic) bond motifs is 1. The third-order valence-corrected chi connectivity index (χ3v) is 5.29. The average Bonchev–Trinajstić information content (AvgIpc) is 2.76. The van der Waals surface area contributed by atoms with E-state index in [1.54, 1.807) is 25.1 Å². The summed E-state index contributed by atoms with van der Waals surface area (Å²) in [5.74, 6) is 1.10. The monoisotopic (exact) mass is 341 g/mol. The summed E-state index contributed by atoms with van der Waals surface area (Å²) in [4.78, 5) is 33.4. The smallest absolute Gasteiger partial charge is 0.253 e. The lowest BCUT2D eigenvalue weighted by molar-refractivity contribution is -0.138. The Hall–Kier alpha value is -2.37. The summed E-state index contributed by atoms with van der Waals surface area (Å²) in [5, 5.41) is 0. The van der Waals surface area contributed by atoms with Crippen LogP contribution in [0, 0.1) is 12.8 Å². The van der Waals surface area contributed by atoms with Gasteiger partial charge in [-0.25, -0.2) is 4.98 Å². The number of aromatic nitrogens is 1. The fraction of sp³-hybridized carbons (Fsp3) is 0.526. The van der Waals surface area contributed by atoms with E-state index >= 15 is 0 Å². The molecule has 2 aliphatic rings. The second-order valence-electron chi connectivity index (χ2n) is 7.01. The quantitative estimate of drug-likeness (QED) is 0.842. The predicted octanol–water partition coefficient (Wildman–Crippen LogP) is 2.61. The molecule has 0 atom stereocenters. The van der Waals surface area contributed by atoms with Crippen LogP contribution >= 0.6 is 0 Å². The van der Waals surface area contributed by atoms with E-state index in [1.807, 2.05) is 9.80 Å². The molecule has 0 spiro atoms. The molecule has 1 saturated heterocycles. The first kappa shape index (κ1) is 16.1. The maximum atomic E-state index is 12.8. The van der Waals surface area contributed by atoms with Crippen LogP contribution in [0.5, 0.6) is 0 Å². The second kappa shape index (κ2) is 6.50. The van der Waals surface area contributed by atoms with Gasteiger partial charge in [-0.2, -0.15) is 0 Å². The Balaban J connectivity index is 1.45. The van der Waals surface area contributed by atoms with Crippen LogP contribution in [0.3, 0.4) is 0 Å². The number of oxazole rings is 1. The summed E-state index contributed by atoms with van der Waals surface area (Å²) in [6.45, 7) is 4.45. The van der Waals surface area contributed by atoms with Gasteiger partial charge in [-0.15, -0.1) is 0 Å². The molecule has 4 rings (SSSR count). The van der Waals surface area contributed by atoms with E-state index in [0.717, 1.165) is 25.8 Å². The highest BCUT2D eigenvalue weighted by Crippen LogP contribution is 2.28. The average molecular weight is 341 g/mol. The van der Waals surface area contributed by atoms with Gasteiger partial charge in [0.05, 0.1) is 0 Å². The van der Waals surface area contributed by atoms with Crippen molar-refractivity contribution in [1.29, 1.82) is 0 Å². The minimum atomic E-state index is 0.000459. The first-order chi connectivity index (χ1) is 12.1. The zero-order valence-corrected chi connectivity index (χ0v) is 14.5. The van der Waals surface area contributed by atoms with Crippen molar-refractivity contribution in [3.05, 3.63) is 29.7 Å². The highest BCUT2D eigenvalue weighted by Gasteiger charge is 2.31.